The highest BCUT2D eigenvalue weighted by Crippen LogP contribution is 2.36. The van der Waals surface area contributed by atoms with E-state index in [1.807, 2.05) is 12.4 Å². The van der Waals surface area contributed by atoms with Crippen LogP contribution in [0.1, 0.15) is 31.7 Å². The van der Waals surface area contributed by atoms with E-state index in [0.29, 0.717) is 17.9 Å². The van der Waals surface area contributed by atoms with Crippen LogP contribution in [-0.2, 0) is 6.42 Å². The zero-order valence-electron chi connectivity index (χ0n) is 11.0. The molecule has 98 valence electrons. The van der Waals surface area contributed by atoms with Crippen LogP contribution in [0, 0.1) is 11.8 Å². The van der Waals surface area contributed by atoms with Crippen molar-refractivity contribution in [2.45, 2.75) is 38.6 Å². The molecule has 1 saturated heterocycles. The summed E-state index contributed by atoms with van der Waals surface area (Å²) < 4.78 is 0. The van der Waals surface area contributed by atoms with Crippen LogP contribution in [0.15, 0.2) is 12.4 Å². The summed E-state index contributed by atoms with van der Waals surface area (Å²) in [7, 11) is 0. The van der Waals surface area contributed by atoms with Gasteiger partial charge in [-0.3, -0.25) is 0 Å². The maximum absolute atomic E-state index is 6.22. The van der Waals surface area contributed by atoms with Crippen LogP contribution in [0.5, 0.6) is 0 Å². The van der Waals surface area contributed by atoms with E-state index in [-0.39, 0.29) is 0 Å². The zero-order valence-corrected chi connectivity index (χ0v) is 11.0. The van der Waals surface area contributed by atoms with Gasteiger partial charge >= 0.3 is 0 Å². The lowest BCUT2D eigenvalue weighted by Gasteiger charge is -2.36. The van der Waals surface area contributed by atoms with E-state index < -0.39 is 0 Å². The van der Waals surface area contributed by atoms with Gasteiger partial charge in [0.15, 0.2) is 0 Å². The molecule has 0 spiro atoms. The molecule has 1 saturated carbocycles. The maximum atomic E-state index is 6.22. The van der Waals surface area contributed by atoms with Gasteiger partial charge in [0.2, 0.25) is 5.95 Å². The third-order valence-electron chi connectivity index (χ3n) is 4.42. The van der Waals surface area contributed by atoms with E-state index in [4.69, 9.17) is 5.73 Å². The van der Waals surface area contributed by atoms with Gasteiger partial charge in [0.25, 0.3) is 0 Å². The summed E-state index contributed by atoms with van der Waals surface area (Å²) in [6.07, 6.45) is 8.71. The minimum absolute atomic E-state index is 0.403. The Balaban J connectivity index is 1.72. The van der Waals surface area contributed by atoms with Gasteiger partial charge in [-0.05, 0) is 36.7 Å². The Hall–Kier alpha value is -1.16. The molecule has 1 aliphatic carbocycles. The Morgan fingerprint density at radius 2 is 1.83 bits per heavy atom. The second-order valence-corrected chi connectivity index (χ2v) is 5.72. The van der Waals surface area contributed by atoms with Crippen molar-refractivity contribution >= 4 is 5.95 Å². The van der Waals surface area contributed by atoms with Crippen molar-refractivity contribution in [3.63, 3.8) is 0 Å². The monoisotopic (exact) mass is 246 g/mol. The van der Waals surface area contributed by atoms with Crippen LogP contribution in [0.25, 0.3) is 0 Å². The molecular weight excluding hydrogens is 224 g/mol. The summed E-state index contributed by atoms with van der Waals surface area (Å²) in [4.78, 5) is 11.4. The maximum Gasteiger partial charge on any atom is 0.225 e. The first-order chi connectivity index (χ1) is 8.78. The highest BCUT2D eigenvalue weighted by Gasteiger charge is 2.40. The van der Waals surface area contributed by atoms with Gasteiger partial charge in [-0.2, -0.15) is 0 Å². The largest absolute Gasteiger partial charge is 0.340 e. The molecule has 2 unspecified atom stereocenters. The van der Waals surface area contributed by atoms with Gasteiger partial charge < -0.3 is 10.6 Å². The fraction of sp³-hybridized carbons (Fsp3) is 0.714. The van der Waals surface area contributed by atoms with E-state index in [9.17, 15) is 0 Å². The number of aromatic nitrogens is 2. The molecule has 2 N–H and O–H groups in total. The number of fused-ring (bicyclic) bond motifs is 2. The van der Waals surface area contributed by atoms with Crippen molar-refractivity contribution in [1.29, 1.82) is 0 Å². The zero-order chi connectivity index (χ0) is 12.5. The number of aryl methyl sites for hydroxylation is 1. The molecule has 0 aromatic carbocycles. The molecule has 4 nitrogen and oxygen atoms in total. The van der Waals surface area contributed by atoms with Crippen molar-refractivity contribution < 1.29 is 0 Å². The molecule has 2 fully saturated rings. The van der Waals surface area contributed by atoms with Gasteiger partial charge in [0.05, 0.1) is 0 Å². The average molecular weight is 246 g/mol. The number of nitrogens with two attached hydrogens (primary N) is 1. The lowest BCUT2D eigenvalue weighted by Crippen LogP contribution is -2.49. The van der Waals surface area contributed by atoms with Crippen molar-refractivity contribution in [2.24, 2.45) is 17.6 Å². The number of piperidine rings is 1. The third kappa shape index (κ3) is 2.09. The van der Waals surface area contributed by atoms with Crippen molar-refractivity contribution in [3.05, 3.63) is 18.0 Å². The van der Waals surface area contributed by atoms with Crippen molar-refractivity contribution in [2.75, 3.05) is 18.0 Å². The molecule has 18 heavy (non-hydrogen) atoms. The first-order valence-corrected chi connectivity index (χ1v) is 7.09. The molecule has 2 aliphatic rings. The van der Waals surface area contributed by atoms with Crippen LogP contribution >= 0.6 is 0 Å². The van der Waals surface area contributed by atoms with Gasteiger partial charge in [0, 0.05) is 31.5 Å². The Morgan fingerprint density at radius 1 is 1.22 bits per heavy atom. The van der Waals surface area contributed by atoms with Crippen molar-refractivity contribution in [3.8, 4) is 0 Å². The first kappa shape index (κ1) is 11.9. The number of nitrogens with zero attached hydrogens (tertiary/aromatic N) is 3. The topological polar surface area (TPSA) is 55.0 Å². The van der Waals surface area contributed by atoms with E-state index >= 15 is 0 Å². The van der Waals surface area contributed by atoms with Gasteiger partial charge in [-0.15, -0.1) is 0 Å². The minimum atomic E-state index is 0.403. The molecule has 2 atom stereocenters. The van der Waals surface area contributed by atoms with E-state index in [1.54, 1.807) is 0 Å². The summed E-state index contributed by atoms with van der Waals surface area (Å²) in [5.74, 6) is 2.17. The second-order valence-electron chi connectivity index (χ2n) is 5.72. The van der Waals surface area contributed by atoms with E-state index in [0.717, 1.165) is 31.9 Å². The summed E-state index contributed by atoms with van der Waals surface area (Å²) in [6.45, 7) is 4.24. The number of hydrogen-bond donors (Lipinski definition) is 1. The molecule has 2 bridgehead atoms. The predicted molar refractivity (Wildman–Crippen MR) is 72.4 cm³/mol. The lowest BCUT2D eigenvalue weighted by atomic mass is 9.93. The standard InChI is InChI=1S/C14H22N4/c1-2-3-10-6-16-14(17-7-10)18-8-11-4-5-12(9-18)13(11)15/h6-7,11-13H,2-5,8-9,15H2,1H3. The average Bonchev–Trinajstić information content (AvgIpc) is 2.63. The fourth-order valence-corrected chi connectivity index (χ4v) is 3.36. The molecule has 4 heteroatoms. The second kappa shape index (κ2) is 4.84. The van der Waals surface area contributed by atoms with Crippen LogP contribution < -0.4 is 10.6 Å². The van der Waals surface area contributed by atoms with E-state index in [1.165, 1.54) is 18.4 Å². The number of anilines is 1. The van der Waals surface area contributed by atoms with Crippen LogP contribution in [0.3, 0.4) is 0 Å². The highest BCUT2D eigenvalue weighted by atomic mass is 15.3. The number of hydrogen-bond acceptors (Lipinski definition) is 4. The Morgan fingerprint density at radius 3 is 2.39 bits per heavy atom. The molecule has 0 amide bonds. The number of rotatable bonds is 3. The summed E-state index contributed by atoms with van der Waals surface area (Å²) in [6, 6.07) is 0.403. The van der Waals surface area contributed by atoms with Gasteiger partial charge in [0.1, 0.15) is 0 Å². The van der Waals surface area contributed by atoms with E-state index in [2.05, 4.69) is 21.8 Å². The summed E-state index contributed by atoms with van der Waals surface area (Å²) >= 11 is 0. The SMILES string of the molecule is CCCc1cnc(N2CC3CCC(C2)C3N)nc1. The van der Waals surface area contributed by atoms with Crippen LogP contribution in [0.4, 0.5) is 5.95 Å². The Labute approximate surface area is 109 Å². The molecule has 1 aromatic heterocycles. The first-order valence-electron chi connectivity index (χ1n) is 7.09. The highest BCUT2D eigenvalue weighted by molar-refractivity contribution is 5.32. The van der Waals surface area contributed by atoms with Crippen LogP contribution in [-0.4, -0.2) is 29.1 Å². The molecule has 2 heterocycles. The normalized spacial score (nSPS) is 30.8. The Kier molecular flexibility index (Phi) is 3.20. The molecular formula is C14H22N4. The third-order valence-corrected chi connectivity index (χ3v) is 4.42. The smallest absolute Gasteiger partial charge is 0.225 e. The fourth-order valence-electron chi connectivity index (χ4n) is 3.36. The quantitative estimate of drug-likeness (QED) is 0.880. The molecule has 3 rings (SSSR count). The summed E-state index contributed by atoms with van der Waals surface area (Å²) in [5.41, 5.74) is 7.45. The van der Waals surface area contributed by atoms with Gasteiger partial charge in [-0.25, -0.2) is 9.97 Å². The lowest BCUT2D eigenvalue weighted by molar-refractivity contribution is 0.353. The molecule has 1 aromatic rings. The van der Waals surface area contributed by atoms with Crippen molar-refractivity contribution in [1.82, 2.24) is 9.97 Å². The Bertz CT molecular complexity index is 389. The van der Waals surface area contributed by atoms with Gasteiger partial charge in [-0.1, -0.05) is 13.3 Å². The minimum Gasteiger partial charge on any atom is -0.340 e. The molecule has 1 aliphatic heterocycles. The molecule has 0 radical (unpaired) electrons. The summed E-state index contributed by atoms with van der Waals surface area (Å²) in [5, 5.41) is 0. The predicted octanol–water partition coefficient (Wildman–Crippen LogP) is 1.60. The van der Waals surface area contributed by atoms with Crippen LogP contribution in [0.2, 0.25) is 0 Å².